The molecule has 0 bridgehead atoms. The molecule has 0 aliphatic rings. The summed E-state index contributed by atoms with van der Waals surface area (Å²) in [6.07, 6.45) is 2.17. The largest absolute Gasteiger partial charge is 0.293 e. The molecule has 0 saturated carbocycles. The summed E-state index contributed by atoms with van der Waals surface area (Å²) in [7, 11) is 0. The fourth-order valence-electron chi connectivity index (χ4n) is 0.865. The Balaban J connectivity index is 2.89. The lowest BCUT2D eigenvalue weighted by Gasteiger charge is -2.12. The van der Waals surface area contributed by atoms with E-state index in [0.29, 0.717) is 0 Å². The molecule has 3 heteroatoms. The number of hydrogen-bond donors (Lipinski definition) is 0. The van der Waals surface area contributed by atoms with Gasteiger partial charge < -0.3 is 0 Å². The van der Waals surface area contributed by atoms with Crippen LogP contribution in [0.5, 0.6) is 0 Å². The van der Waals surface area contributed by atoms with Gasteiger partial charge in [0.05, 0.1) is 0 Å². The third-order valence-electron chi connectivity index (χ3n) is 1.44. The van der Waals surface area contributed by atoms with Crippen molar-refractivity contribution in [2.24, 2.45) is 0 Å². The van der Waals surface area contributed by atoms with Gasteiger partial charge in [0.2, 0.25) is 0 Å². The minimum atomic E-state index is -2.89. The minimum absolute atomic E-state index is 0.204. The number of aromatic nitrogens is 1. The predicted molar refractivity (Wildman–Crippen MR) is 42.9 cm³/mol. The normalized spacial score (nSPS) is 11.2. The molecular formula is C9H9F2N. The van der Waals surface area contributed by atoms with E-state index >= 15 is 0 Å². The Hall–Kier alpha value is -1.25. The summed E-state index contributed by atoms with van der Waals surface area (Å²) < 4.78 is 26.0. The van der Waals surface area contributed by atoms with Crippen LogP contribution in [0.2, 0.25) is 0 Å². The van der Waals surface area contributed by atoms with Crippen LogP contribution in [0.1, 0.15) is 12.1 Å². The number of pyridine rings is 1. The van der Waals surface area contributed by atoms with Gasteiger partial charge >= 0.3 is 0 Å². The lowest BCUT2D eigenvalue weighted by atomic mass is 10.1. The van der Waals surface area contributed by atoms with Crippen LogP contribution in [-0.2, 0) is 5.92 Å². The second-order valence-electron chi connectivity index (χ2n) is 2.41. The molecule has 0 saturated heterocycles. The lowest BCUT2D eigenvalue weighted by Crippen LogP contribution is -2.13. The smallest absolute Gasteiger partial charge is 0.255 e. The van der Waals surface area contributed by atoms with Gasteiger partial charge in [-0.15, -0.1) is 6.58 Å². The average Bonchev–Trinajstić information content (AvgIpc) is 2.06. The molecule has 0 N–H and O–H groups in total. The van der Waals surface area contributed by atoms with Gasteiger partial charge in [0, 0.05) is 12.6 Å². The third-order valence-corrected chi connectivity index (χ3v) is 1.44. The van der Waals surface area contributed by atoms with E-state index in [9.17, 15) is 8.78 Å². The van der Waals surface area contributed by atoms with E-state index < -0.39 is 5.92 Å². The van der Waals surface area contributed by atoms with Gasteiger partial charge in [0.1, 0.15) is 5.69 Å². The summed E-state index contributed by atoms with van der Waals surface area (Å²) in [6, 6.07) is 4.45. The molecule has 0 aromatic carbocycles. The van der Waals surface area contributed by atoms with E-state index in [4.69, 9.17) is 0 Å². The van der Waals surface area contributed by atoms with Gasteiger partial charge in [-0.2, -0.15) is 8.78 Å². The summed E-state index contributed by atoms with van der Waals surface area (Å²) >= 11 is 0. The molecule has 12 heavy (non-hydrogen) atoms. The zero-order chi connectivity index (χ0) is 9.03. The molecule has 64 valence electrons. The highest BCUT2D eigenvalue weighted by Gasteiger charge is 2.30. The number of rotatable bonds is 3. The topological polar surface area (TPSA) is 12.9 Å². The zero-order valence-corrected chi connectivity index (χ0v) is 6.50. The van der Waals surface area contributed by atoms with Crippen LogP contribution in [0.3, 0.4) is 0 Å². The van der Waals surface area contributed by atoms with E-state index in [0.717, 1.165) is 0 Å². The quantitative estimate of drug-likeness (QED) is 0.634. The maximum absolute atomic E-state index is 13.0. The van der Waals surface area contributed by atoms with Crippen molar-refractivity contribution < 1.29 is 8.78 Å². The van der Waals surface area contributed by atoms with Gasteiger partial charge in [-0.25, -0.2) is 0 Å². The molecule has 0 aliphatic heterocycles. The first-order valence-electron chi connectivity index (χ1n) is 3.57. The second kappa shape index (κ2) is 3.43. The van der Waals surface area contributed by atoms with Crippen LogP contribution in [0.25, 0.3) is 0 Å². The van der Waals surface area contributed by atoms with E-state index in [1.165, 1.54) is 18.3 Å². The minimum Gasteiger partial charge on any atom is -0.255 e. The fourth-order valence-corrected chi connectivity index (χ4v) is 0.865. The molecule has 1 rings (SSSR count). The number of hydrogen-bond acceptors (Lipinski definition) is 1. The molecule has 0 aliphatic carbocycles. The molecule has 1 aromatic rings. The van der Waals surface area contributed by atoms with Gasteiger partial charge in [-0.3, -0.25) is 4.98 Å². The summed E-state index contributed by atoms with van der Waals surface area (Å²) in [5.74, 6) is -2.89. The molecule has 0 fully saturated rings. The highest BCUT2D eigenvalue weighted by Crippen LogP contribution is 2.29. The van der Waals surface area contributed by atoms with E-state index in [1.54, 1.807) is 12.1 Å². The average molecular weight is 169 g/mol. The molecule has 0 atom stereocenters. The Morgan fingerprint density at radius 1 is 1.50 bits per heavy atom. The summed E-state index contributed by atoms with van der Waals surface area (Å²) in [4.78, 5) is 3.57. The number of nitrogens with zero attached hydrogens (tertiary/aromatic N) is 1. The highest BCUT2D eigenvalue weighted by atomic mass is 19.3. The van der Waals surface area contributed by atoms with Crippen LogP contribution < -0.4 is 0 Å². The molecular weight excluding hydrogens is 160 g/mol. The Morgan fingerprint density at radius 3 is 2.75 bits per heavy atom. The zero-order valence-electron chi connectivity index (χ0n) is 6.50. The fraction of sp³-hybridized carbons (Fsp3) is 0.222. The van der Waals surface area contributed by atoms with E-state index in [1.807, 2.05) is 0 Å². The van der Waals surface area contributed by atoms with Crippen molar-refractivity contribution in [1.82, 2.24) is 4.98 Å². The SMILES string of the molecule is C=CCC(F)(F)c1ccccn1. The van der Waals surface area contributed by atoms with Crippen LogP contribution in [0, 0.1) is 0 Å². The maximum atomic E-state index is 13.0. The first-order chi connectivity index (χ1) is 5.67. The molecule has 1 nitrogen and oxygen atoms in total. The number of halogens is 2. The van der Waals surface area contributed by atoms with Crippen LogP contribution in [0.15, 0.2) is 37.1 Å². The van der Waals surface area contributed by atoms with Crippen LogP contribution >= 0.6 is 0 Å². The number of alkyl halides is 2. The van der Waals surface area contributed by atoms with Crippen molar-refractivity contribution in [2.75, 3.05) is 0 Å². The second-order valence-corrected chi connectivity index (χ2v) is 2.41. The Bertz CT molecular complexity index is 256. The summed E-state index contributed by atoms with van der Waals surface area (Å²) in [5.41, 5.74) is -0.204. The van der Waals surface area contributed by atoms with Crippen LogP contribution in [0.4, 0.5) is 8.78 Å². The molecule has 1 aromatic heterocycles. The van der Waals surface area contributed by atoms with Crippen molar-refractivity contribution >= 4 is 0 Å². The standard InChI is InChI=1S/C9H9F2N/c1-2-6-9(10,11)8-5-3-4-7-12-8/h2-5,7H,1,6H2. The first-order valence-corrected chi connectivity index (χ1v) is 3.57. The summed E-state index contributed by atoms with van der Waals surface area (Å²) in [5, 5.41) is 0. The predicted octanol–water partition coefficient (Wildman–Crippen LogP) is 2.75. The van der Waals surface area contributed by atoms with E-state index in [2.05, 4.69) is 11.6 Å². The van der Waals surface area contributed by atoms with Crippen LogP contribution in [-0.4, -0.2) is 4.98 Å². The van der Waals surface area contributed by atoms with E-state index in [-0.39, 0.29) is 12.1 Å². The molecule has 0 amide bonds. The van der Waals surface area contributed by atoms with Crippen molar-refractivity contribution in [2.45, 2.75) is 12.3 Å². The van der Waals surface area contributed by atoms with Crippen molar-refractivity contribution in [3.8, 4) is 0 Å². The summed E-state index contributed by atoms with van der Waals surface area (Å²) in [6.45, 7) is 3.26. The Kier molecular flexibility index (Phi) is 2.53. The third kappa shape index (κ3) is 1.87. The monoisotopic (exact) mass is 169 g/mol. The first kappa shape index (κ1) is 8.84. The molecule has 1 heterocycles. The Labute approximate surface area is 69.8 Å². The molecule has 0 spiro atoms. The molecule has 0 radical (unpaired) electrons. The van der Waals surface area contributed by atoms with Crippen molar-refractivity contribution in [1.29, 1.82) is 0 Å². The van der Waals surface area contributed by atoms with Crippen molar-refractivity contribution in [3.63, 3.8) is 0 Å². The van der Waals surface area contributed by atoms with Gasteiger partial charge in [0.25, 0.3) is 5.92 Å². The lowest BCUT2D eigenvalue weighted by molar-refractivity contribution is -0.00540. The van der Waals surface area contributed by atoms with Gasteiger partial charge in [0.15, 0.2) is 0 Å². The van der Waals surface area contributed by atoms with Gasteiger partial charge in [-0.1, -0.05) is 12.1 Å². The highest BCUT2D eigenvalue weighted by molar-refractivity contribution is 5.10. The van der Waals surface area contributed by atoms with Gasteiger partial charge in [-0.05, 0) is 12.1 Å². The maximum Gasteiger partial charge on any atom is 0.293 e. The molecule has 0 unspecified atom stereocenters. The Morgan fingerprint density at radius 2 is 2.25 bits per heavy atom. The van der Waals surface area contributed by atoms with Crippen molar-refractivity contribution in [3.05, 3.63) is 42.7 Å². The number of allylic oxidation sites excluding steroid dienone is 1.